The van der Waals surface area contributed by atoms with E-state index in [0.717, 1.165) is 31.7 Å². The highest BCUT2D eigenvalue weighted by Crippen LogP contribution is 2.30. The molecule has 17 heavy (non-hydrogen) atoms. The van der Waals surface area contributed by atoms with Crippen molar-refractivity contribution in [1.29, 1.82) is 5.26 Å². The van der Waals surface area contributed by atoms with Crippen molar-refractivity contribution < 1.29 is 4.42 Å². The minimum atomic E-state index is 0.149. The standard InChI is InChI=1S/C13H19N3O/c1-10(2)13-3-4-16(6-11(13)5-14)7-12-8-17-9-15-12/h8-11,13H,3-4,6-7H2,1-2H3. The van der Waals surface area contributed by atoms with Gasteiger partial charge in [-0.1, -0.05) is 13.8 Å². The van der Waals surface area contributed by atoms with Gasteiger partial charge in [0.1, 0.15) is 6.26 Å². The number of nitrogens with zero attached hydrogens (tertiary/aromatic N) is 3. The molecule has 1 saturated heterocycles. The molecular weight excluding hydrogens is 214 g/mol. The summed E-state index contributed by atoms with van der Waals surface area (Å²) in [7, 11) is 0. The van der Waals surface area contributed by atoms with Gasteiger partial charge in [-0.05, 0) is 24.8 Å². The number of rotatable bonds is 3. The smallest absolute Gasteiger partial charge is 0.180 e. The normalized spacial score (nSPS) is 26.0. The van der Waals surface area contributed by atoms with Crippen molar-refractivity contribution in [1.82, 2.24) is 9.88 Å². The molecule has 2 atom stereocenters. The highest BCUT2D eigenvalue weighted by molar-refractivity contribution is 4.97. The van der Waals surface area contributed by atoms with Crippen LogP contribution >= 0.6 is 0 Å². The van der Waals surface area contributed by atoms with Crippen LogP contribution in [0.1, 0.15) is 26.0 Å². The molecule has 2 heterocycles. The number of oxazole rings is 1. The van der Waals surface area contributed by atoms with Gasteiger partial charge in [-0.3, -0.25) is 4.90 Å². The summed E-state index contributed by atoms with van der Waals surface area (Å²) in [5, 5.41) is 9.24. The Morgan fingerprint density at radius 1 is 1.65 bits per heavy atom. The first-order valence-corrected chi connectivity index (χ1v) is 6.19. The van der Waals surface area contributed by atoms with Crippen LogP contribution in [0.2, 0.25) is 0 Å². The van der Waals surface area contributed by atoms with E-state index in [9.17, 15) is 5.26 Å². The van der Waals surface area contributed by atoms with Gasteiger partial charge in [0.05, 0.1) is 17.7 Å². The first kappa shape index (κ1) is 12.1. The fourth-order valence-corrected chi connectivity index (χ4v) is 2.66. The first-order chi connectivity index (χ1) is 8.20. The SMILES string of the molecule is CC(C)C1CCN(Cc2cocn2)CC1C#N. The second-order valence-electron chi connectivity index (χ2n) is 5.15. The van der Waals surface area contributed by atoms with Crippen LogP contribution in [0.15, 0.2) is 17.1 Å². The molecule has 0 N–H and O–H groups in total. The largest absolute Gasteiger partial charge is 0.451 e. The molecule has 4 nitrogen and oxygen atoms in total. The lowest BCUT2D eigenvalue weighted by Gasteiger charge is -2.36. The molecular formula is C13H19N3O. The Morgan fingerprint density at radius 3 is 3.06 bits per heavy atom. The Hall–Kier alpha value is -1.34. The highest BCUT2D eigenvalue weighted by Gasteiger charge is 2.31. The fraction of sp³-hybridized carbons (Fsp3) is 0.692. The van der Waals surface area contributed by atoms with Gasteiger partial charge in [-0.15, -0.1) is 0 Å². The Kier molecular flexibility index (Phi) is 3.80. The lowest BCUT2D eigenvalue weighted by atomic mass is 9.79. The summed E-state index contributed by atoms with van der Waals surface area (Å²) in [5.74, 6) is 1.28. The number of hydrogen-bond acceptors (Lipinski definition) is 4. The first-order valence-electron chi connectivity index (χ1n) is 6.19. The molecule has 0 bridgehead atoms. The summed E-state index contributed by atoms with van der Waals surface area (Å²) in [6.07, 6.45) is 4.24. The van der Waals surface area contributed by atoms with Crippen molar-refractivity contribution >= 4 is 0 Å². The third-order valence-electron chi connectivity index (χ3n) is 3.64. The topological polar surface area (TPSA) is 53.1 Å². The van der Waals surface area contributed by atoms with Crippen LogP contribution in [0.5, 0.6) is 0 Å². The number of aromatic nitrogens is 1. The molecule has 1 aromatic heterocycles. The Bertz CT molecular complexity index is 380. The summed E-state index contributed by atoms with van der Waals surface area (Å²) >= 11 is 0. The average Bonchev–Trinajstić information content (AvgIpc) is 2.81. The molecule has 0 amide bonds. The van der Waals surface area contributed by atoms with Crippen molar-refractivity contribution in [2.45, 2.75) is 26.8 Å². The molecule has 0 aromatic carbocycles. The van der Waals surface area contributed by atoms with Crippen LogP contribution in [-0.4, -0.2) is 23.0 Å². The molecule has 2 rings (SSSR count). The van der Waals surface area contributed by atoms with Gasteiger partial charge in [0.15, 0.2) is 6.39 Å². The van der Waals surface area contributed by atoms with E-state index < -0.39 is 0 Å². The Labute approximate surface area is 102 Å². The van der Waals surface area contributed by atoms with E-state index in [-0.39, 0.29) is 5.92 Å². The van der Waals surface area contributed by atoms with Gasteiger partial charge in [0.25, 0.3) is 0 Å². The van der Waals surface area contributed by atoms with Crippen LogP contribution < -0.4 is 0 Å². The third kappa shape index (κ3) is 2.86. The van der Waals surface area contributed by atoms with E-state index in [1.165, 1.54) is 6.39 Å². The monoisotopic (exact) mass is 233 g/mol. The van der Waals surface area contributed by atoms with E-state index in [1.54, 1.807) is 6.26 Å². The molecule has 0 spiro atoms. The molecule has 1 fully saturated rings. The molecule has 92 valence electrons. The summed E-state index contributed by atoms with van der Waals surface area (Å²) in [4.78, 5) is 6.42. The highest BCUT2D eigenvalue weighted by atomic mass is 16.3. The number of hydrogen-bond donors (Lipinski definition) is 0. The van der Waals surface area contributed by atoms with Crippen LogP contribution in [0.25, 0.3) is 0 Å². The van der Waals surface area contributed by atoms with Crippen LogP contribution in [-0.2, 0) is 6.54 Å². The van der Waals surface area contributed by atoms with E-state index in [1.807, 2.05) is 0 Å². The second-order valence-corrected chi connectivity index (χ2v) is 5.15. The zero-order valence-corrected chi connectivity index (χ0v) is 10.5. The van der Waals surface area contributed by atoms with Gasteiger partial charge in [-0.25, -0.2) is 4.98 Å². The molecule has 4 heteroatoms. The minimum absolute atomic E-state index is 0.149. The Balaban J connectivity index is 1.95. The zero-order valence-electron chi connectivity index (χ0n) is 10.5. The summed E-state index contributed by atoms with van der Waals surface area (Å²) in [6, 6.07) is 2.46. The van der Waals surface area contributed by atoms with Crippen molar-refractivity contribution in [3.63, 3.8) is 0 Å². The molecule has 0 aliphatic carbocycles. The summed E-state index contributed by atoms with van der Waals surface area (Å²) < 4.78 is 4.97. The van der Waals surface area contributed by atoms with Crippen LogP contribution in [0.4, 0.5) is 0 Å². The average molecular weight is 233 g/mol. The van der Waals surface area contributed by atoms with Gasteiger partial charge in [-0.2, -0.15) is 5.26 Å². The maximum atomic E-state index is 9.24. The minimum Gasteiger partial charge on any atom is -0.451 e. The lowest BCUT2D eigenvalue weighted by Crippen LogP contribution is -2.41. The van der Waals surface area contributed by atoms with Crippen LogP contribution in [0, 0.1) is 29.1 Å². The fourth-order valence-electron chi connectivity index (χ4n) is 2.66. The maximum absolute atomic E-state index is 9.24. The van der Waals surface area contributed by atoms with Crippen LogP contribution in [0.3, 0.4) is 0 Å². The van der Waals surface area contributed by atoms with Gasteiger partial charge >= 0.3 is 0 Å². The molecule has 0 radical (unpaired) electrons. The Morgan fingerprint density at radius 2 is 2.47 bits per heavy atom. The van der Waals surface area contributed by atoms with E-state index >= 15 is 0 Å². The van der Waals surface area contributed by atoms with Crippen molar-refractivity contribution in [2.75, 3.05) is 13.1 Å². The third-order valence-corrected chi connectivity index (χ3v) is 3.64. The predicted molar refractivity (Wildman–Crippen MR) is 63.8 cm³/mol. The summed E-state index contributed by atoms with van der Waals surface area (Å²) in [6.45, 7) is 7.12. The number of likely N-dealkylation sites (tertiary alicyclic amines) is 1. The lowest BCUT2D eigenvalue weighted by molar-refractivity contribution is 0.114. The van der Waals surface area contributed by atoms with E-state index in [0.29, 0.717) is 11.8 Å². The van der Waals surface area contributed by atoms with E-state index in [4.69, 9.17) is 4.42 Å². The number of nitriles is 1. The van der Waals surface area contributed by atoms with Gasteiger partial charge in [0.2, 0.25) is 0 Å². The second kappa shape index (κ2) is 5.33. The maximum Gasteiger partial charge on any atom is 0.180 e. The molecule has 1 aliphatic heterocycles. The predicted octanol–water partition coefficient (Wildman–Crippen LogP) is 2.29. The molecule has 1 aromatic rings. The summed E-state index contributed by atoms with van der Waals surface area (Å²) in [5.41, 5.74) is 0.949. The zero-order chi connectivity index (χ0) is 12.3. The van der Waals surface area contributed by atoms with Crippen molar-refractivity contribution in [3.05, 3.63) is 18.4 Å². The van der Waals surface area contributed by atoms with E-state index in [2.05, 4.69) is 29.8 Å². The quantitative estimate of drug-likeness (QED) is 0.803. The molecule has 0 saturated carbocycles. The van der Waals surface area contributed by atoms with Gasteiger partial charge in [0, 0.05) is 13.1 Å². The molecule has 2 unspecified atom stereocenters. The van der Waals surface area contributed by atoms with Crippen molar-refractivity contribution in [2.24, 2.45) is 17.8 Å². The molecule has 1 aliphatic rings. The number of piperidine rings is 1. The van der Waals surface area contributed by atoms with Crippen molar-refractivity contribution in [3.8, 4) is 6.07 Å². The van der Waals surface area contributed by atoms with Gasteiger partial charge < -0.3 is 4.42 Å².